The molecule has 0 fully saturated rings. The summed E-state index contributed by atoms with van der Waals surface area (Å²) in [6.45, 7) is -0.733. The van der Waals surface area contributed by atoms with Gasteiger partial charge in [0.1, 0.15) is 17.1 Å². The molecule has 10 nitrogen and oxygen atoms in total. The molecule has 0 amide bonds. The molecular formula is C25H29O10PS. The van der Waals surface area contributed by atoms with Crippen LogP contribution in [0.25, 0.3) is 0 Å². The molecule has 3 aromatic rings. The summed E-state index contributed by atoms with van der Waals surface area (Å²) in [5.41, 5.74) is 1.11. The van der Waals surface area contributed by atoms with Gasteiger partial charge in [0.05, 0.1) is 38.9 Å². The average Bonchev–Trinajstić information content (AvgIpc) is 2.89. The Hall–Kier alpha value is -2.76. The quantitative estimate of drug-likeness (QED) is 0.101. The number of rotatable bonds is 14. The van der Waals surface area contributed by atoms with Crippen LogP contribution in [0.4, 0.5) is 0 Å². The maximum Gasteiger partial charge on any atom is 0.496 e. The summed E-state index contributed by atoms with van der Waals surface area (Å²) in [6.07, 6.45) is 0. The van der Waals surface area contributed by atoms with Gasteiger partial charge in [-0.05, 0) is 41.0 Å². The van der Waals surface area contributed by atoms with Crippen molar-refractivity contribution in [2.24, 2.45) is 0 Å². The number of ether oxygens (including phenoxy) is 3. The fourth-order valence-corrected chi connectivity index (χ4v) is 4.84. The maximum atomic E-state index is 12.6. The molecule has 0 aliphatic heterocycles. The van der Waals surface area contributed by atoms with Crippen molar-refractivity contribution in [2.75, 3.05) is 38.9 Å². The fourth-order valence-electron chi connectivity index (χ4n) is 3.77. The first-order chi connectivity index (χ1) is 17.6. The minimum Gasteiger partial charge on any atom is -0.497 e. The van der Waals surface area contributed by atoms with Crippen molar-refractivity contribution in [2.45, 2.75) is 5.60 Å². The van der Waals surface area contributed by atoms with Crippen LogP contribution in [0.15, 0.2) is 78.9 Å². The molecule has 3 rings (SSSR count). The summed E-state index contributed by atoms with van der Waals surface area (Å²) >= 11 is 0. The van der Waals surface area contributed by atoms with Crippen molar-refractivity contribution in [1.29, 1.82) is 0 Å². The first-order valence-corrected chi connectivity index (χ1v) is 14.5. The van der Waals surface area contributed by atoms with Crippen LogP contribution in [0.2, 0.25) is 0 Å². The largest absolute Gasteiger partial charge is 0.497 e. The number of sulfone groups is 1. The van der Waals surface area contributed by atoms with E-state index in [1.54, 1.807) is 38.5 Å². The van der Waals surface area contributed by atoms with Gasteiger partial charge >= 0.3 is 7.82 Å². The fraction of sp³-hybridized carbons (Fsp3) is 0.280. The highest BCUT2D eigenvalue weighted by Gasteiger charge is 2.38. The van der Waals surface area contributed by atoms with Crippen LogP contribution < -0.4 is 9.47 Å². The Morgan fingerprint density at radius 1 is 0.730 bits per heavy atom. The molecule has 37 heavy (non-hydrogen) atoms. The van der Waals surface area contributed by atoms with Crippen LogP contribution in [-0.2, 0) is 34.3 Å². The van der Waals surface area contributed by atoms with E-state index in [4.69, 9.17) is 24.0 Å². The van der Waals surface area contributed by atoms with E-state index in [0.29, 0.717) is 11.5 Å². The summed E-state index contributed by atoms with van der Waals surface area (Å²) in [7, 11) is -5.44. The lowest BCUT2D eigenvalue weighted by atomic mass is 9.80. The van der Waals surface area contributed by atoms with Crippen molar-refractivity contribution >= 4 is 17.7 Å². The van der Waals surface area contributed by atoms with Gasteiger partial charge < -0.3 is 24.0 Å². The first kappa shape index (κ1) is 28.8. The van der Waals surface area contributed by atoms with Gasteiger partial charge in [-0.3, -0.25) is 0 Å². The van der Waals surface area contributed by atoms with Crippen LogP contribution in [0.3, 0.4) is 0 Å². The van der Waals surface area contributed by atoms with Gasteiger partial charge in [-0.2, -0.15) is 0 Å². The highest BCUT2D eigenvalue weighted by atomic mass is 32.2. The normalized spacial score (nSPS) is 12.3. The Bertz CT molecular complexity index is 1230. The van der Waals surface area contributed by atoms with Crippen molar-refractivity contribution in [3.8, 4) is 11.5 Å². The van der Waals surface area contributed by atoms with E-state index in [9.17, 15) is 13.0 Å². The molecule has 0 aliphatic rings. The molecule has 0 saturated heterocycles. The number of methoxy groups -OCH3 is 2. The molecule has 0 saturated carbocycles. The van der Waals surface area contributed by atoms with E-state index in [1.807, 2.05) is 54.6 Å². The van der Waals surface area contributed by atoms with Gasteiger partial charge in [-0.1, -0.05) is 54.6 Å². The molecule has 200 valence electrons. The second-order valence-corrected chi connectivity index (χ2v) is 11.3. The van der Waals surface area contributed by atoms with E-state index < -0.39 is 35.6 Å². The molecule has 0 heterocycles. The third-order valence-corrected chi connectivity index (χ3v) is 7.39. The Morgan fingerprint density at radius 3 is 1.65 bits per heavy atom. The van der Waals surface area contributed by atoms with Crippen molar-refractivity contribution in [1.82, 2.24) is 0 Å². The lowest BCUT2D eigenvalue weighted by molar-refractivity contribution is -0.216. The molecule has 0 radical (unpaired) electrons. The van der Waals surface area contributed by atoms with E-state index >= 15 is 0 Å². The van der Waals surface area contributed by atoms with Crippen LogP contribution in [0, 0.1) is 0 Å². The second-order valence-electron chi connectivity index (χ2n) is 7.89. The highest BCUT2D eigenvalue weighted by molar-refractivity contribution is 7.91. The van der Waals surface area contributed by atoms with E-state index in [0.717, 1.165) is 16.7 Å². The van der Waals surface area contributed by atoms with Gasteiger partial charge in [-0.25, -0.2) is 17.9 Å². The summed E-state index contributed by atoms with van der Waals surface area (Å²) in [5.74, 6) is 0.425. The SMILES string of the molecule is COc1ccc(C(OCCS(=O)(=O)CCOOP(=O)(O)O)(c2ccccc2)c2ccc(OC)cc2)cc1. The minimum atomic E-state index is -4.86. The molecule has 2 N–H and O–H groups in total. The molecule has 12 heteroatoms. The average molecular weight is 553 g/mol. The molecule has 3 aromatic carbocycles. The zero-order chi connectivity index (χ0) is 26.9. The zero-order valence-electron chi connectivity index (χ0n) is 20.3. The first-order valence-electron chi connectivity index (χ1n) is 11.2. The maximum absolute atomic E-state index is 12.6. The Labute approximate surface area is 215 Å². The van der Waals surface area contributed by atoms with Crippen LogP contribution in [0.5, 0.6) is 11.5 Å². The summed E-state index contributed by atoms with van der Waals surface area (Å²) < 4.78 is 56.8. The van der Waals surface area contributed by atoms with Crippen LogP contribution in [-0.4, -0.2) is 57.1 Å². The number of hydrogen-bond acceptors (Lipinski definition) is 8. The minimum absolute atomic E-state index is 0.186. The van der Waals surface area contributed by atoms with Crippen LogP contribution in [0.1, 0.15) is 16.7 Å². The standard InChI is InChI=1S/C25H29O10PS/c1-31-23-12-8-21(9-13-23)25(20-6-4-3-5-7-20,22-10-14-24(32-2)15-11-22)33-16-18-37(29,30)19-17-34-35-36(26,27)28/h3-15H,16-19H2,1-2H3,(H2,26,27,28). The third-order valence-electron chi connectivity index (χ3n) is 5.51. The van der Waals surface area contributed by atoms with Gasteiger partial charge in [-0.15, -0.1) is 4.67 Å². The lowest BCUT2D eigenvalue weighted by Crippen LogP contribution is -2.35. The summed E-state index contributed by atoms with van der Waals surface area (Å²) in [4.78, 5) is 21.6. The smallest absolute Gasteiger partial charge is 0.496 e. The van der Waals surface area contributed by atoms with Gasteiger partial charge in [0.15, 0.2) is 9.84 Å². The molecule has 0 unspecified atom stereocenters. The Kier molecular flexibility index (Phi) is 9.86. The summed E-state index contributed by atoms with van der Waals surface area (Å²) in [6, 6.07) is 24.1. The zero-order valence-corrected chi connectivity index (χ0v) is 22.1. The number of phosphoric acid groups is 1. The van der Waals surface area contributed by atoms with E-state index in [-0.39, 0.29) is 12.4 Å². The molecule has 0 aliphatic carbocycles. The van der Waals surface area contributed by atoms with E-state index in [1.165, 1.54) is 0 Å². The predicted octanol–water partition coefficient (Wildman–Crippen LogP) is 3.47. The van der Waals surface area contributed by atoms with Crippen molar-refractivity contribution < 1.29 is 46.5 Å². The van der Waals surface area contributed by atoms with Crippen molar-refractivity contribution in [3.05, 3.63) is 95.6 Å². The monoisotopic (exact) mass is 552 g/mol. The summed E-state index contributed by atoms with van der Waals surface area (Å²) in [5, 5.41) is 0. The molecule has 0 aromatic heterocycles. The topological polar surface area (TPSA) is 138 Å². The Morgan fingerprint density at radius 2 is 1.19 bits per heavy atom. The van der Waals surface area contributed by atoms with Crippen molar-refractivity contribution in [3.63, 3.8) is 0 Å². The molecule has 0 spiro atoms. The van der Waals surface area contributed by atoms with Crippen LogP contribution >= 0.6 is 7.82 Å². The second kappa shape index (κ2) is 12.7. The molecular weight excluding hydrogens is 523 g/mol. The lowest BCUT2D eigenvalue weighted by Gasteiger charge is -2.36. The highest BCUT2D eigenvalue weighted by Crippen LogP contribution is 2.41. The number of hydrogen-bond donors (Lipinski definition) is 2. The van der Waals surface area contributed by atoms with Gasteiger partial charge in [0.2, 0.25) is 0 Å². The molecule has 0 bridgehead atoms. The van der Waals surface area contributed by atoms with E-state index in [2.05, 4.69) is 9.56 Å². The van der Waals surface area contributed by atoms with Gasteiger partial charge in [0.25, 0.3) is 0 Å². The number of benzene rings is 3. The third kappa shape index (κ3) is 7.86. The Balaban J connectivity index is 1.94. The predicted molar refractivity (Wildman–Crippen MR) is 136 cm³/mol. The molecule has 0 atom stereocenters. The van der Waals surface area contributed by atoms with Gasteiger partial charge in [0, 0.05) is 0 Å².